The van der Waals surface area contributed by atoms with Crippen LogP contribution in [0.5, 0.6) is 0 Å². The van der Waals surface area contributed by atoms with Crippen LogP contribution in [-0.2, 0) is 4.79 Å². The molecule has 7 nitrogen and oxygen atoms in total. The second-order valence-electron chi connectivity index (χ2n) is 5.65. The Morgan fingerprint density at radius 3 is 2.50 bits per heavy atom. The van der Waals surface area contributed by atoms with E-state index < -0.39 is 5.97 Å². The molecule has 0 saturated carbocycles. The molecule has 2 aliphatic rings. The van der Waals surface area contributed by atoms with Crippen LogP contribution < -0.4 is 5.43 Å². The van der Waals surface area contributed by atoms with Gasteiger partial charge in [-0.15, -0.1) is 0 Å². The Labute approximate surface area is 119 Å². The number of hydrogen-bond acceptors (Lipinski definition) is 4. The number of likely N-dealkylation sites (N-methyl/N-ethyl adjacent to an activating group) is 1. The van der Waals surface area contributed by atoms with Crippen LogP contribution >= 0.6 is 0 Å². The normalized spacial score (nSPS) is 25.4. The molecule has 1 unspecified atom stereocenters. The molecule has 0 spiro atoms. The zero-order valence-corrected chi connectivity index (χ0v) is 12.0. The van der Waals surface area contributed by atoms with Gasteiger partial charge in [-0.25, -0.2) is 9.80 Å². The minimum absolute atomic E-state index is 0.0379. The Morgan fingerprint density at radius 1 is 1.15 bits per heavy atom. The molecule has 114 valence electrons. The van der Waals surface area contributed by atoms with Crippen LogP contribution in [0.1, 0.15) is 25.7 Å². The number of urea groups is 1. The summed E-state index contributed by atoms with van der Waals surface area (Å²) in [6, 6.07) is -0.325. The zero-order valence-electron chi connectivity index (χ0n) is 12.0. The van der Waals surface area contributed by atoms with Crippen LogP contribution in [0.15, 0.2) is 0 Å². The number of piperidine rings is 1. The number of rotatable bonds is 3. The predicted octanol–water partition coefficient (Wildman–Crippen LogP) is 0.188. The molecule has 2 amide bonds. The molecule has 0 bridgehead atoms. The Morgan fingerprint density at radius 2 is 1.85 bits per heavy atom. The number of carbonyl (C=O) groups excluding carboxylic acids is 1. The van der Waals surface area contributed by atoms with Gasteiger partial charge in [-0.3, -0.25) is 10.2 Å². The first-order valence-electron chi connectivity index (χ1n) is 7.29. The molecule has 20 heavy (non-hydrogen) atoms. The third-order valence-corrected chi connectivity index (χ3v) is 4.06. The van der Waals surface area contributed by atoms with E-state index in [4.69, 9.17) is 5.11 Å². The van der Waals surface area contributed by atoms with Gasteiger partial charge in [0.05, 0.1) is 6.42 Å². The number of carboxylic acid groups (broad SMARTS) is 1. The van der Waals surface area contributed by atoms with E-state index in [0.29, 0.717) is 6.54 Å². The third kappa shape index (κ3) is 4.08. The molecule has 0 aliphatic carbocycles. The van der Waals surface area contributed by atoms with Gasteiger partial charge in [0.15, 0.2) is 0 Å². The topological polar surface area (TPSA) is 76.1 Å². The van der Waals surface area contributed by atoms with E-state index in [0.717, 1.165) is 45.4 Å². The number of hydrogen-bond donors (Lipinski definition) is 2. The summed E-state index contributed by atoms with van der Waals surface area (Å²) in [7, 11) is 2.06. The molecule has 7 heteroatoms. The molecule has 0 aromatic heterocycles. The van der Waals surface area contributed by atoms with Crippen molar-refractivity contribution in [2.24, 2.45) is 0 Å². The minimum atomic E-state index is -0.839. The molecular formula is C13H24N4O3. The van der Waals surface area contributed by atoms with Gasteiger partial charge in [-0.05, 0) is 26.3 Å². The van der Waals surface area contributed by atoms with Crippen molar-refractivity contribution in [2.45, 2.75) is 31.7 Å². The molecule has 0 aromatic rings. The Balaban J connectivity index is 1.87. The lowest BCUT2D eigenvalue weighted by Gasteiger charge is -2.38. The highest BCUT2D eigenvalue weighted by Gasteiger charge is 2.29. The Hall–Kier alpha value is -1.34. The molecule has 2 aliphatic heterocycles. The number of amides is 2. The molecule has 2 N–H and O–H groups in total. The number of piperazine rings is 1. The van der Waals surface area contributed by atoms with Crippen molar-refractivity contribution in [1.82, 2.24) is 20.2 Å². The monoisotopic (exact) mass is 284 g/mol. The van der Waals surface area contributed by atoms with E-state index in [2.05, 4.69) is 17.4 Å². The van der Waals surface area contributed by atoms with Crippen LogP contribution in [-0.4, -0.2) is 77.7 Å². The maximum Gasteiger partial charge on any atom is 0.332 e. The molecule has 1 atom stereocenters. The van der Waals surface area contributed by atoms with Crippen molar-refractivity contribution in [3.05, 3.63) is 0 Å². The highest BCUT2D eigenvalue weighted by atomic mass is 16.4. The van der Waals surface area contributed by atoms with Crippen molar-refractivity contribution in [2.75, 3.05) is 39.8 Å². The summed E-state index contributed by atoms with van der Waals surface area (Å²) < 4.78 is 0. The average molecular weight is 284 g/mol. The van der Waals surface area contributed by atoms with Crippen molar-refractivity contribution in [1.29, 1.82) is 0 Å². The van der Waals surface area contributed by atoms with E-state index in [1.165, 1.54) is 0 Å². The Bertz CT molecular complexity index is 356. The summed E-state index contributed by atoms with van der Waals surface area (Å²) in [6.07, 6.45) is 2.77. The fourth-order valence-corrected chi connectivity index (χ4v) is 2.80. The fraction of sp³-hybridized carbons (Fsp3) is 0.846. The van der Waals surface area contributed by atoms with Crippen LogP contribution in [0.3, 0.4) is 0 Å². The van der Waals surface area contributed by atoms with Gasteiger partial charge in [0.2, 0.25) is 0 Å². The van der Waals surface area contributed by atoms with Crippen molar-refractivity contribution in [3.63, 3.8) is 0 Å². The maximum atomic E-state index is 12.3. The summed E-state index contributed by atoms with van der Waals surface area (Å²) in [4.78, 5) is 27.1. The van der Waals surface area contributed by atoms with Crippen LogP contribution in [0.25, 0.3) is 0 Å². The number of hydrazine groups is 1. The van der Waals surface area contributed by atoms with Gasteiger partial charge >= 0.3 is 12.0 Å². The summed E-state index contributed by atoms with van der Waals surface area (Å²) in [5, 5.41) is 10.9. The van der Waals surface area contributed by atoms with Gasteiger partial charge in [-0.2, -0.15) is 0 Å². The molecule has 2 rings (SSSR count). The first kappa shape index (κ1) is 15.1. The second kappa shape index (κ2) is 6.90. The fourth-order valence-electron chi connectivity index (χ4n) is 2.80. The number of nitrogens with one attached hydrogen (secondary N) is 1. The van der Waals surface area contributed by atoms with Gasteiger partial charge in [0.25, 0.3) is 0 Å². The largest absolute Gasteiger partial charge is 0.481 e. The molecule has 2 saturated heterocycles. The van der Waals surface area contributed by atoms with E-state index in [-0.39, 0.29) is 18.5 Å². The van der Waals surface area contributed by atoms with Crippen LogP contribution in [0.4, 0.5) is 4.79 Å². The number of nitrogens with zero attached hydrogens (tertiary/aromatic N) is 3. The standard InChI is InChI=1S/C13H24N4O3/c1-15-6-8-16(9-7-15)14-13(20)17-5-3-2-4-11(17)10-12(18)19/h11H,2-10H2,1H3,(H,14,20)(H,18,19). The van der Waals surface area contributed by atoms with E-state index in [1.54, 1.807) is 4.90 Å². The van der Waals surface area contributed by atoms with Crippen LogP contribution in [0.2, 0.25) is 0 Å². The second-order valence-corrected chi connectivity index (χ2v) is 5.65. The number of carboxylic acids is 1. The molecule has 0 radical (unpaired) electrons. The number of carbonyl (C=O) groups is 2. The van der Waals surface area contributed by atoms with Gasteiger partial charge in [-0.1, -0.05) is 0 Å². The zero-order chi connectivity index (χ0) is 14.5. The maximum absolute atomic E-state index is 12.3. The highest BCUT2D eigenvalue weighted by Crippen LogP contribution is 2.19. The van der Waals surface area contributed by atoms with Crippen molar-refractivity contribution < 1.29 is 14.7 Å². The molecular weight excluding hydrogens is 260 g/mol. The van der Waals surface area contributed by atoms with Crippen molar-refractivity contribution in [3.8, 4) is 0 Å². The SMILES string of the molecule is CN1CCN(NC(=O)N2CCCCC2CC(=O)O)CC1. The molecule has 2 fully saturated rings. The van der Waals surface area contributed by atoms with E-state index in [9.17, 15) is 9.59 Å². The lowest BCUT2D eigenvalue weighted by Crippen LogP contribution is -2.58. The predicted molar refractivity (Wildman–Crippen MR) is 74.2 cm³/mol. The lowest BCUT2D eigenvalue weighted by molar-refractivity contribution is -0.138. The van der Waals surface area contributed by atoms with Crippen molar-refractivity contribution >= 4 is 12.0 Å². The van der Waals surface area contributed by atoms with E-state index >= 15 is 0 Å². The average Bonchev–Trinajstić information content (AvgIpc) is 2.41. The first-order valence-corrected chi connectivity index (χ1v) is 7.29. The lowest BCUT2D eigenvalue weighted by atomic mass is 10.00. The number of likely N-dealkylation sites (tertiary alicyclic amines) is 1. The first-order chi connectivity index (χ1) is 9.56. The summed E-state index contributed by atoms with van der Waals surface area (Å²) in [6.45, 7) is 4.12. The molecule has 2 heterocycles. The van der Waals surface area contributed by atoms with Gasteiger partial charge in [0, 0.05) is 38.8 Å². The van der Waals surface area contributed by atoms with Crippen LogP contribution in [0, 0.1) is 0 Å². The Kier molecular flexibility index (Phi) is 5.19. The number of aliphatic carboxylic acids is 1. The minimum Gasteiger partial charge on any atom is -0.481 e. The smallest absolute Gasteiger partial charge is 0.332 e. The highest BCUT2D eigenvalue weighted by molar-refractivity contribution is 5.75. The van der Waals surface area contributed by atoms with Gasteiger partial charge < -0.3 is 14.9 Å². The van der Waals surface area contributed by atoms with Gasteiger partial charge in [0.1, 0.15) is 0 Å². The summed E-state index contributed by atoms with van der Waals surface area (Å²) in [5.74, 6) is -0.839. The molecule has 0 aromatic carbocycles. The summed E-state index contributed by atoms with van der Waals surface area (Å²) in [5.41, 5.74) is 2.91. The quantitative estimate of drug-likeness (QED) is 0.773. The third-order valence-electron chi connectivity index (χ3n) is 4.06. The van der Waals surface area contributed by atoms with E-state index in [1.807, 2.05) is 5.01 Å². The summed E-state index contributed by atoms with van der Waals surface area (Å²) >= 11 is 0.